The molecule has 18 heavy (non-hydrogen) atoms. The number of benzene rings is 1. The second kappa shape index (κ2) is 7.69. The van der Waals surface area contributed by atoms with Gasteiger partial charge >= 0.3 is 0 Å². The quantitative estimate of drug-likeness (QED) is 0.657. The van der Waals surface area contributed by atoms with Crippen molar-refractivity contribution < 1.29 is 9.59 Å². The maximum Gasteiger partial charge on any atom is 0.237 e. The van der Waals surface area contributed by atoms with Gasteiger partial charge in [0.1, 0.15) is 11.2 Å². The van der Waals surface area contributed by atoms with Gasteiger partial charge in [-0.05, 0) is 32.9 Å². The molecule has 0 saturated carbocycles. The van der Waals surface area contributed by atoms with Gasteiger partial charge in [0.15, 0.2) is 0 Å². The van der Waals surface area contributed by atoms with E-state index in [0.29, 0.717) is 5.69 Å². The zero-order chi connectivity index (χ0) is 14.2. The lowest BCUT2D eigenvalue weighted by molar-refractivity contribution is -0.135. The van der Waals surface area contributed by atoms with Crippen LogP contribution in [0.25, 0.3) is 0 Å². The molecule has 0 heterocycles. The molecule has 0 atom stereocenters. The highest BCUT2D eigenvalue weighted by Crippen LogP contribution is 2.19. The lowest BCUT2D eigenvalue weighted by atomic mass is 9.88. The largest absolute Gasteiger partial charge is 0.325 e. The molecule has 0 aromatic heterocycles. The van der Waals surface area contributed by atoms with E-state index in [9.17, 15) is 9.59 Å². The molecule has 4 heteroatoms. The average molecular weight is 245 g/mol. The number of para-hydroxylation sites is 1. The molecule has 0 aliphatic carbocycles. The summed E-state index contributed by atoms with van der Waals surface area (Å²) < 4.78 is 0. The normalized spacial score (nSPS) is 10.0. The van der Waals surface area contributed by atoms with Crippen LogP contribution in [0, 0.1) is 5.41 Å². The first-order valence-electron chi connectivity index (χ1n) is 5.93. The molecule has 1 N–H and O–H groups in total. The Bertz CT molecular complexity index is 388. The van der Waals surface area contributed by atoms with E-state index in [1.165, 1.54) is 6.92 Å². The Morgan fingerprint density at radius 3 is 2.06 bits per heavy atom. The number of nitrogens with one attached hydrogen (secondary N) is 1. The smallest absolute Gasteiger partial charge is 0.237 e. The minimum atomic E-state index is -0.976. The molecule has 3 nitrogen and oxygen atoms in total. The fourth-order valence-corrected chi connectivity index (χ4v) is 0.969. The van der Waals surface area contributed by atoms with Crippen molar-refractivity contribution in [2.75, 3.05) is 5.32 Å². The number of carbonyl (C=O) groups is 2. The van der Waals surface area contributed by atoms with E-state index >= 15 is 0 Å². The van der Waals surface area contributed by atoms with Crippen LogP contribution in [0.2, 0.25) is 6.32 Å². The number of hydrogen-bond acceptors (Lipinski definition) is 2. The molecule has 2 radical (unpaired) electrons. The van der Waals surface area contributed by atoms with E-state index in [-0.39, 0.29) is 11.7 Å². The molecule has 1 amide bonds. The molecule has 0 fully saturated rings. The van der Waals surface area contributed by atoms with E-state index in [1.54, 1.807) is 26.0 Å². The Balaban J connectivity index is 0.000000873. The van der Waals surface area contributed by atoms with Crippen molar-refractivity contribution >= 4 is 25.2 Å². The Morgan fingerprint density at radius 1 is 1.22 bits per heavy atom. The van der Waals surface area contributed by atoms with Gasteiger partial charge in [-0.1, -0.05) is 31.4 Å². The van der Waals surface area contributed by atoms with Crippen LogP contribution in [-0.4, -0.2) is 19.5 Å². The Labute approximate surface area is 110 Å². The summed E-state index contributed by atoms with van der Waals surface area (Å²) in [6.07, 6.45) is 0.750. The van der Waals surface area contributed by atoms with Gasteiger partial charge in [0.05, 0.1) is 7.85 Å². The monoisotopic (exact) mass is 245 g/mol. The molecule has 1 rings (SSSR count). The zero-order valence-electron chi connectivity index (χ0n) is 11.5. The fraction of sp³-hybridized carbons (Fsp3) is 0.429. The predicted molar refractivity (Wildman–Crippen MR) is 75.8 cm³/mol. The van der Waals surface area contributed by atoms with Gasteiger partial charge in [0.25, 0.3) is 0 Å². The Kier molecular flexibility index (Phi) is 7.02. The van der Waals surface area contributed by atoms with Crippen molar-refractivity contribution in [1.82, 2.24) is 0 Å². The van der Waals surface area contributed by atoms with Gasteiger partial charge < -0.3 is 5.32 Å². The molecule has 1 aromatic carbocycles. The molecule has 0 bridgehead atoms. The molecule has 0 aliphatic rings. The second-order valence-electron chi connectivity index (χ2n) is 4.41. The fourth-order valence-electron chi connectivity index (χ4n) is 0.969. The van der Waals surface area contributed by atoms with Crippen molar-refractivity contribution in [2.45, 2.75) is 34.0 Å². The van der Waals surface area contributed by atoms with E-state index in [4.69, 9.17) is 7.85 Å². The summed E-state index contributed by atoms with van der Waals surface area (Å²) in [4.78, 5) is 23.0. The molecule has 0 saturated heterocycles. The third kappa shape index (κ3) is 5.17. The van der Waals surface area contributed by atoms with Crippen molar-refractivity contribution in [3.05, 3.63) is 30.3 Å². The molecule has 96 valence electrons. The van der Waals surface area contributed by atoms with Gasteiger partial charge in [-0.15, -0.1) is 0 Å². The summed E-state index contributed by atoms with van der Waals surface area (Å²) in [7, 11) is 4.85. The minimum absolute atomic E-state index is 0.143. The third-order valence-electron chi connectivity index (χ3n) is 2.48. The predicted octanol–water partition coefficient (Wildman–Crippen LogP) is 2.83. The molecular weight excluding hydrogens is 225 g/mol. The number of carbonyl (C=O) groups excluding carboxylic acids is 2. The summed E-state index contributed by atoms with van der Waals surface area (Å²) in [6, 6.07) is 9.10. The zero-order valence-corrected chi connectivity index (χ0v) is 11.5. The molecule has 0 unspecified atom stereocenters. The van der Waals surface area contributed by atoms with Gasteiger partial charge in [-0.25, -0.2) is 0 Å². The van der Waals surface area contributed by atoms with Crippen LogP contribution in [0.1, 0.15) is 27.7 Å². The summed E-state index contributed by atoms with van der Waals surface area (Å²) in [6.45, 7) is 6.56. The van der Waals surface area contributed by atoms with E-state index in [1.807, 2.05) is 25.1 Å². The van der Waals surface area contributed by atoms with E-state index in [0.717, 1.165) is 6.32 Å². The minimum Gasteiger partial charge on any atom is -0.325 e. The number of rotatable bonds is 3. The van der Waals surface area contributed by atoms with Crippen LogP contribution in [0.3, 0.4) is 0 Å². The maximum atomic E-state index is 11.7. The number of anilines is 1. The first-order chi connectivity index (χ1) is 8.36. The second-order valence-corrected chi connectivity index (χ2v) is 4.41. The van der Waals surface area contributed by atoms with Gasteiger partial charge in [0, 0.05) is 5.69 Å². The van der Waals surface area contributed by atoms with E-state index < -0.39 is 5.41 Å². The maximum absolute atomic E-state index is 11.7. The SMILES string of the molecule is CC(=O)C(C)(C)C(=O)Nc1ccccc1.[B]CC. The standard InChI is InChI=1S/C12H15NO2.C2H5B/c1-9(14)12(2,3)11(15)13-10-7-5-4-6-8-10;1-2-3/h4-8H,1-3H3,(H,13,15);2H2,1H3. The molecule has 0 aliphatic heterocycles. The highest BCUT2D eigenvalue weighted by molar-refractivity contribution is 6.09. The van der Waals surface area contributed by atoms with Gasteiger partial charge in [-0.3, -0.25) is 9.59 Å². The third-order valence-corrected chi connectivity index (χ3v) is 2.48. The van der Waals surface area contributed by atoms with Crippen molar-refractivity contribution in [1.29, 1.82) is 0 Å². The van der Waals surface area contributed by atoms with Crippen molar-refractivity contribution in [2.24, 2.45) is 5.41 Å². The highest BCUT2D eigenvalue weighted by Gasteiger charge is 2.32. The van der Waals surface area contributed by atoms with Gasteiger partial charge in [0.2, 0.25) is 5.91 Å². The average Bonchev–Trinajstić information content (AvgIpc) is 2.31. The first kappa shape index (κ1) is 16.4. The van der Waals surface area contributed by atoms with Crippen LogP contribution in [0.5, 0.6) is 0 Å². The lowest BCUT2D eigenvalue weighted by Gasteiger charge is -2.19. The van der Waals surface area contributed by atoms with E-state index in [2.05, 4.69) is 5.32 Å². The van der Waals surface area contributed by atoms with Crippen LogP contribution in [0.15, 0.2) is 30.3 Å². The number of amides is 1. The summed E-state index contributed by atoms with van der Waals surface area (Å²) in [5.74, 6) is -0.419. The van der Waals surface area contributed by atoms with Crippen molar-refractivity contribution in [3.63, 3.8) is 0 Å². The first-order valence-corrected chi connectivity index (χ1v) is 5.93. The number of hydrogen-bond donors (Lipinski definition) is 1. The lowest BCUT2D eigenvalue weighted by Crippen LogP contribution is -2.36. The number of ketones is 1. The Hall–Kier alpha value is -1.58. The molecule has 0 spiro atoms. The summed E-state index contributed by atoms with van der Waals surface area (Å²) >= 11 is 0. The number of Topliss-reactive ketones (excluding diaryl/α,β-unsaturated/α-hetero) is 1. The van der Waals surface area contributed by atoms with Crippen LogP contribution >= 0.6 is 0 Å². The highest BCUT2D eigenvalue weighted by atomic mass is 16.2. The Morgan fingerprint density at radius 2 is 1.67 bits per heavy atom. The molecule has 1 aromatic rings. The van der Waals surface area contributed by atoms with Gasteiger partial charge in [-0.2, -0.15) is 0 Å². The van der Waals surface area contributed by atoms with Crippen LogP contribution in [0.4, 0.5) is 5.69 Å². The molecular formula is C14H20BNO2. The van der Waals surface area contributed by atoms with Crippen LogP contribution < -0.4 is 5.32 Å². The van der Waals surface area contributed by atoms with Crippen molar-refractivity contribution in [3.8, 4) is 0 Å². The van der Waals surface area contributed by atoms with Crippen LogP contribution in [-0.2, 0) is 9.59 Å². The summed E-state index contributed by atoms with van der Waals surface area (Å²) in [5, 5.41) is 2.70. The summed E-state index contributed by atoms with van der Waals surface area (Å²) in [5.41, 5.74) is -0.271. The topological polar surface area (TPSA) is 46.2 Å².